The van der Waals surface area contributed by atoms with Crippen LogP contribution in [-0.4, -0.2) is 43.6 Å². The zero-order chi connectivity index (χ0) is 21.6. The van der Waals surface area contributed by atoms with Crippen molar-refractivity contribution in [3.8, 4) is 5.69 Å². The van der Waals surface area contributed by atoms with Crippen LogP contribution in [0.1, 0.15) is 41.5 Å². The molecule has 1 unspecified atom stereocenters. The molecule has 1 atom stereocenters. The van der Waals surface area contributed by atoms with Gasteiger partial charge >= 0.3 is 0 Å². The molecule has 1 amide bonds. The Labute approximate surface area is 185 Å². The molecule has 3 aromatic rings. The Morgan fingerprint density at radius 3 is 2.71 bits per heavy atom. The lowest BCUT2D eigenvalue weighted by Gasteiger charge is -2.39. The molecule has 1 aromatic carbocycles. The number of hydrogen-bond acceptors (Lipinski definition) is 6. The smallest absolute Gasteiger partial charge is 0.251 e. The number of nitrogens with two attached hydrogens (primary N) is 1. The number of rotatable bonds is 4. The molecule has 2 aliphatic heterocycles. The van der Waals surface area contributed by atoms with E-state index in [1.807, 2.05) is 31.5 Å². The molecule has 0 saturated carbocycles. The van der Waals surface area contributed by atoms with Gasteiger partial charge < -0.3 is 10.5 Å². The summed E-state index contributed by atoms with van der Waals surface area (Å²) >= 11 is 6.25. The van der Waals surface area contributed by atoms with Crippen molar-refractivity contribution in [2.45, 2.75) is 38.0 Å². The molecule has 9 heteroatoms. The number of ether oxygens (including phenoxy) is 1. The molecule has 2 N–H and O–H groups in total. The number of primary amides is 1. The van der Waals surface area contributed by atoms with E-state index in [1.54, 1.807) is 23.1 Å². The Morgan fingerprint density at radius 1 is 1.26 bits per heavy atom. The normalized spacial score (nSPS) is 20.1. The minimum absolute atomic E-state index is 0.463. The lowest BCUT2D eigenvalue weighted by Crippen LogP contribution is -2.42. The quantitative estimate of drug-likeness (QED) is 0.672. The number of fused-ring (bicyclic) bond motifs is 2. The molecule has 4 heterocycles. The maximum absolute atomic E-state index is 12.0. The van der Waals surface area contributed by atoms with Crippen LogP contribution in [0.3, 0.4) is 0 Å². The van der Waals surface area contributed by atoms with Crippen LogP contribution < -0.4 is 5.73 Å². The molecule has 31 heavy (non-hydrogen) atoms. The fourth-order valence-electron chi connectivity index (χ4n) is 4.52. The van der Waals surface area contributed by atoms with Crippen LogP contribution in [0.2, 0.25) is 5.02 Å². The number of likely N-dealkylation sites (tertiary alicyclic amines) is 1. The Kier molecular flexibility index (Phi) is 5.00. The first-order valence-corrected chi connectivity index (χ1v) is 10.6. The summed E-state index contributed by atoms with van der Waals surface area (Å²) in [7, 11) is 0. The van der Waals surface area contributed by atoms with E-state index in [-0.39, 0.29) is 0 Å². The van der Waals surface area contributed by atoms with E-state index >= 15 is 0 Å². The Balaban J connectivity index is 1.29. The Bertz CT molecular complexity index is 1120. The first-order chi connectivity index (χ1) is 14.9. The highest BCUT2D eigenvalue weighted by atomic mass is 35.5. The van der Waals surface area contributed by atoms with Gasteiger partial charge in [0, 0.05) is 36.4 Å². The van der Waals surface area contributed by atoms with Crippen molar-refractivity contribution >= 4 is 17.5 Å². The Morgan fingerprint density at radius 2 is 2.00 bits per heavy atom. The van der Waals surface area contributed by atoms with Gasteiger partial charge in [-0.3, -0.25) is 9.69 Å². The average Bonchev–Trinajstić information content (AvgIpc) is 3.34. The van der Waals surface area contributed by atoms with Gasteiger partial charge in [-0.05, 0) is 43.0 Å². The van der Waals surface area contributed by atoms with E-state index in [4.69, 9.17) is 22.1 Å². The van der Waals surface area contributed by atoms with Gasteiger partial charge in [-0.1, -0.05) is 17.7 Å². The van der Waals surface area contributed by atoms with Crippen molar-refractivity contribution in [3.05, 3.63) is 70.5 Å². The second kappa shape index (κ2) is 7.71. The molecule has 0 radical (unpaired) electrons. The molecule has 2 aromatic heterocycles. The van der Waals surface area contributed by atoms with Gasteiger partial charge in [-0.25, -0.2) is 14.6 Å². The lowest BCUT2D eigenvalue weighted by molar-refractivity contribution is -0.148. The van der Waals surface area contributed by atoms with Crippen molar-refractivity contribution < 1.29 is 9.53 Å². The van der Waals surface area contributed by atoms with E-state index in [1.165, 1.54) is 0 Å². The predicted octanol–water partition coefficient (Wildman–Crippen LogP) is 2.67. The maximum atomic E-state index is 12.0. The monoisotopic (exact) mass is 438 g/mol. The zero-order valence-electron chi connectivity index (χ0n) is 17.2. The number of piperidine rings is 1. The molecule has 1 saturated heterocycles. The van der Waals surface area contributed by atoms with Gasteiger partial charge in [-0.15, -0.1) is 0 Å². The molecule has 0 bridgehead atoms. The van der Waals surface area contributed by atoms with E-state index in [2.05, 4.69) is 20.0 Å². The van der Waals surface area contributed by atoms with Gasteiger partial charge in [0.25, 0.3) is 5.91 Å². The minimum atomic E-state index is -0.714. The van der Waals surface area contributed by atoms with E-state index in [0.717, 1.165) is 60.7 Å². The third-order valence-corrected chi connectivity index (χ3v) is 6.36. The summed E-state index contributed by atoms with van der Waals surface area (Å²) in [6.45, 7) is 4.30. The summed E-state index contributed by atoms with van der Waals surface area (Å²) in [5, 5.41) is 5.08. The molecular weight excluding hydrogens is 416 g/mol. The molecule has 160 valence electrons. The maximum Gasteiger partial charge on any atom is 0.251 e. The average molecular weight is 439 g/mol. The van der Waals surface area contributed by atoms with Crippen LogP contribution in [0.5, 0.6) is 0 Å². The molecular formula is C22H23ClN6O2. The second-order valence-corrected chi connectivity index (χ2v) is 8.62. The first kappa shape index (κ1) is 20.1. The number of aryl methyl sites for hydroxylation is 1. The van der Waals surface area contributed by atoms with Crippen LogP contribution in [-0.2, 0) is 21.7 Å². The highest BCUT2D eigenvalue weighted by molar-refractivity contribution is 6.30. The molecule has 2 aliphatic rings. The lowest BCUT2D eigenvalue weighted by atomic mass is 9.83. The number of amides is 1. The van der Waals surface area contributed by atoms with Crippen molar-refractivity contribution in [2.24, 2.45) is 5.73 Å². The number of aromatic nitrogens is 4. The molecule has 0 aliphatic carbocycles. The fourth-order valence-corrected chi connectivity index (χ4v) is 4.69. The second-order valence-electron chi connectivity index (χ2n) is 8.18. The van der Waals surface area contributed by atoms with Gasteiger partial charge in [0.1, 0.15) is 11.5 Å². The summed E-state index contributed by atoms with van der Waals surface area (Å²) in [5.41, 5.74) is 8.87. The van der Waals surface area contributed by atoms with E-state index in [0.29, 0.717) is 5.02 Å². The van der Waals surface area contributed by atoms with Crippen molar-refractivity contribution in [1.29, 1.82) is 0 Å². The SMILES string of the molecule is Cc1ncc(-n2cc(CN3CCC4(CC3)OC(C(N)=O)c3ccc(Cl)cc34)cn2)cn1. The molecule has 1 fully saturated rings. The standard InChI is InChI=1S/C22H23ClN6O2/c1-14-25-10-17(11-26-14)29-13-15(9-27-29)12-28-6-4-22(5-7-28)19-8-16(23)2-3-18(19)20(31-22)21(24)30/h2-3,8-11,13,20H,4-7,12H2,1H3,(H2,24,30). The van der Waals surface area contributed by atoms with Crippen LogP contribution in [0, 0.1) is 6.92 Å². The summed E-state index contributed by atoms with van der Waals surface area (Å²) < 4.78 is 8.04. The van der Waals surface area contributed by atoms with Crippen LogP contribution >= 0.6 is 11.6 Å². The third-order valence-electron chi connectivity index (χ3n) is 6.13. The summed E-state index contributed by atoms with van der Waals surface area (Å²) in [6.07, 6.45) is 8.22. The third kappa shape index (κ3) is 3.71. The van der Waals surface area contributed by atoms with Gasteiger partial charge in [-0.2, -0.15) is 5.10 Å². The van der Waals surface area contributed by atoms with Crippen molar-refractivity contribution in [2.75, 3.05) is 13.1 Å². The van der Waals surface area contributed by atoms with Crippen LogP contribution in [0.25, 0.3) is 5.69 Å². The first-order valence-electron chi connectivity index (χ1n) is 10.3. The molecule has 5 rings (SSSR count). The van der Waals surface area contributed by atoms with E-state index in [9.17, 15) is 4.79 Å². The van der Waals surface area contributed by atoms with E-state index < -0.39 is 17.6 Å². The fraction of sp³-hybridized carbons (Fsp3) is 0.364. The number of halogens is 1. The molecule has 8 nitrogen and oxygen atoms in total. The summed E-state index contributed by atoms with van der Waals surface area (Å²) in [6, 6.07) is 5.56. The summed E-state index contributed by atoms with van der Waals surface area (Å²) in [4.78, 5) is 22.8. The predicted molar refractivity (Wildman–Crippen MR) is 115 cm³/mol. The van der Waals surface area contributed by atoms with Crippen LogP contribution in [0.15, 0.2) is 43.0 Å². The number of carbonyl (C=O) groups is 1. The van der Waals surface area contributed by atoms with Crippen molar-refractivity contribution in [1.82, 2.24) is 24.6 Å². The summed E-state index contributed by atoms with van der Waals surface area (Å²) in [5.74, 6) is 0.268. The zero-order valence-corrected chi connectivity index (χ0v) is 17.9. The highest BCUT2D eigenvalue weighted by Gasteiger charge is 2.48. The number of carbonyl (C=O) groups excluding carboxylic acids is 1. The number of hydrogen-bond donors (Lipinski definition) is 1. The van der Waals surface area contributed by atoms with Crippen molar-refractivity contribution in [3.63, 3.8) is 0 Å². The molecule has 1 spiro atoms. The van der Waals surface area contributed by atoms with Crippen LogP contribution in [0.4, 0.5) is 0 Å². The number of nitrogens with zero attached hydrogens (tertiary/aromatic N) is 5. The minimum Gasteiger partial charge on any atom is -0.367 e. The Hall–Kier alpha value is -2.81. The largest absolute Gasteiger partial charge is 0.367 e. The number of benzene rings is 1. The van der Waals surface area contributed by atoms with Gasteiger partial charge in [0.05, 0.1) is 24.2 Å². The van der Waals surface area contributed by atoms with Gasteiger partial charge in [0.15, 0.2) is 6.10 Å². The topological polar surface area (TPSA) is 99.2 Å². The highest BCUT2D eigenvalue weighted by Crippen LogP contribution is 2.50. The van der Waals surface area contributed by atoms with Gasteiger partial charge in [0.2, 0.25) is 0 Å².